The third-order valence-electron chi connectivity index (χ3n) is 3.48. The average Bonchev–Trinajstić information content (AvgIpc) is 2.42. The fourth-order valence-electron chi connectivity index (χ4n) is 2.13. The van der Waals surface area contributed by atoms with E-state index in [-0.39, 0.29) is 34.8 Å². The molecule has 0 saturated heterocycles. The number of aromatic hydroxyl groups is 3. The number of carbonyl (C=O) groups is 1. The monoisotopic (exact) mass is 304 g/mol. The van der Waals surface area contributed by atoms with E-state index in [0.29, 0.717) is 0 Å². The maximum absolute atomic E-state index is 11.5. The molecule has 0 heterocycles. The lowest BCUT2D eigenvalue weighted by Crippen LogP contribution is -1.97. The van der Waals surface area contributed by atoms with Gasteiger partial charge < -0.3 is 15.3 Å². The van der Waals surface area contributed by atoms with E-state index in [2.05, 4.69) is 6.08 Å². The number of benzene rings is 1. The van der Waals surface area contributed by atoms with Crippen LogP contribution < -0.4 is 0 Å². The molecule has 1 rings (SSSR count). The Balaban J connectivity index is 2.98. The van der Waals surface area contributed by atoms with Crippen molar-refractivity contribution in [3.8, 4) is 17.2 Å². The highest BCUT2D eigenvalue weighted by Crippen LogP contribution is 2.39. The molecular weight excluding hydrogens is 280 g/mol. The molecular formula is C18H24O4. The second kappa shape index (κ2) is 7.69. The van der Waals surface area contributed by atoms with Crippen LogP contribution in [0.15, 0.2) is 29.4 Å². The minimum Gasteiger partial charge on any atom is -0.507 e. The van der Waals surface area contributed by atoms with E-state index in [4.69, 9.17) is 0 Å². The Hall–Kier alpha value is -2.23. The molecule has 1 aromatic carbocycles. The normalized spacial score (nSPS) is 11.4. The number of hydrogen-bond donors (Lipinski definition) is 3. The molecule has 0 amide bonds. The highest BCUT2D eigenvalue weighted by Gasteiger charge is 2.18. The number of Topliss-reactive ketones (excluding diaryl/α,β-unsaturated/α-hetero) is 1. The summed E-state index contributed by atoms with van der Waals surface area (Å²) in [5.74, 6) is -1.40. The van der Waals surface area contributed by atoms with Crippen molar-refractivity contribution in [3.05, 3.63) is 40.5 Å². The average molecular weight is 304 g/mol. The van der Waals surface area contributed by atoms with Crippen LogP contribution >= 0.6 is 0 Å². The van der Waals surface area contributed by atoms with Crippen molar-refractivity contribution in [1.82, 2.24) is 0 Å². The predicted octanol–water partition coefficient (Wildman–Crippen LogP) is 4.24. The van der Waals surface area contributed by atoms with E-state index in [1.54, 1.807) is 0 Å². The predicted molar refractivity (Wildman–Crippen MR) is 87.6 cm³/mol. The van der Waals surface area contributed by atoms with Gasteiger partial charge in [0, 0.05) is 5.56 Å². The molecule has 0 aromatic heterocycles. The highest BCUT2D eigenvalue weighted by molar-refractivity contribution is 5.98. The van der Waals surface area contributed by atoms with Gasteiger partial charge in [-0.05, 0) is 53.0 Å². The summed E-state index contributed by atoms with van der Waals surface area (Å²) < 4.78 is 0. The lowest BCUT2D eigenvalue weighted by Gasteiger charge is -2.11. The Morgan fingerprint density at radius 2 is 1.68 bits per heavy atom. The van der Waals surface area contributed by atoms with Crippen LogP contribution in [0.4, 0.5) is 0 Å². The molecule has 0 atom stereocenters. The third-order valence-corrected chi connectivity index (χ3v) is 3.48. The Kier molecular flexibility index (Phi) is 6.23. The summed E-state index contributed by atoms with van der Waals surface area (Å²) in [6.45, 7) is 7.37. The largest absolute Gasteiger partial charge is 0.507 e. The summed E-state index contributed by atoms with van der Waals surface area (Å²) in [6, 6.07) is 1.09. The van der Waals surface area contributed by atoms with Gasteiger partial charge in [-0.25, -0.2) is 0 Å². The van der Waals surface area contributed by atoms with Crippen molar-refractivity contribution in [2.45, 2.75) is 47.0 Å². The van der Waals surface area contributed by atoms with Gasteiger partial charge in [0.15, 0.2) is 17.3 Å². The van der Waals surface area contributed by atoms with E-state index < -0.39 is 5.75 Å². The minimum atomic E-state index is -0.395. The fourth-order valence-corrected chi connectivity index (χ4v) is 2.13. The Labute approximate surface area is 131 Å². The van der Waals surface area contributed by atoms with Crippen molar-refractivity contribution < 1.29 is 20.1 Å². The standard InChI is InChI=1S/C18H24O4/c1-11(2)6-5-7-12(3)8-9-14-17(21)15(13(4)19)10-16(20)18(14)22/h6,8,10,20-22H,5,7,9H2,1-4H3. The number of allylic oxidation sites excluding steroid dienone is 4. The molecule has 0 spiro atoms. The first-order valence-corrected chi connectivity index (χ1v) is 7.30. The van der Waals surface area contributed by atoms with Crippen LogP contribution in [-0.2, 0) is 6.42 Å². The zero-order chi connectivity index (χ0) is 16.9. The number of rotatable bonds is 6. The second-order valence-corrected chi connectivity index (χ2v) is 5.75. The number of phenolic OH excluding ortho intramolecular Hbond substituents is 3. The molecule has 4 heteroatoms. The fraction of sp³-hybridized carbons (Fsp3) is 0.389. The summed E-state index contributed by atoms with van der Waals surface area (Å²) in [5, 5.41) is 29.7. The third kappa shape index (κ3) is 4.65. The zero-order valence-corrected chi connectivity index (χ0v) is 13.6. The van der Waals surface area contributed by atoms with Crippen LogP contribution in [0.2, 0.25) is 0 Å². The zero-order valence-electron chi connectivity index (χ0n) is 13.6. The molecule has 120 valence electrons. The van der Waals surface area contributed by atoms with Crippen molar-refractivity contribution >= 4 is 5.78 Å². The topological polar surface area (TPSA) is 77.8 Å². The van der Waals surface area contributed by atoms with E-state index in [0.717, 1.165) is 24.5 Å². The van der Waals surface area contributed by atoms with Crippen molar-refractivity contribution in [3.63, 3.8) is 0 Å². The minimum absolute atomic E-state index is 0.0147. The molecule has 0 fully saturated rings. The van der Waals surface area contributed by atoms with Gasteiger partial charge >= 0.3 is 0 Å². The number of carbonyl (C=O) groups excluding carboxylic acids is 1. The summed E-state index contributed by atoms with van der Waals surface area (Å²) in [4.78, 5) is 11.5. The summed E-state index contributed by atoms with van der Waals surface area (Å²) in [6.07, 6.45) is 6.10. The van der Waals surface area contributed by atoms with Crippen LogP contribution in [0.3, 0.4) is 0 Å². The van der Waals surface area contributed by atoms with Crippen LogP contribution in [0, 0.1) is 0 Å². The first-order valence-electron chi connectivity index (χ1n) is 7.30. The molecule has 0 unspecified atom stereocenters. The van der Waals surface area contributed by atoms with Gasteiger partial charge in [0.05, 0.1) is 5.56 Å². The maximum atomic E-state index is 11.5. The van der Waals surface area contributed by atoms with E-state index >= 15 is 0 Å². The molecule has 3 N–H and O–H groups in total. The van der Waals surface area contributed by atoms with Crippen LogP contribution in [-0.4, -0.2) is 21.1 Å². The van der Waals surface area contributed by atoms with Crippen molar-refractivity contribution in [1.29, 1.82) is 0 Å². The van der Waals surface area contributed by atoms with Crippen LogP contribution in [0.5, 0.6) is 17.2 Å². The highest BCUT2D eigenvalue weighted by atomic mass is 16.3. The molecule has 0 radical (unpaired) electrons. The molecule has 0 bridgehead atoms. The number of hydrogen-bond acceptors (Lipinski definition) is 4. The molecule has 0 aliphatic carbocycles. The van der Waals surface area contributed by atoms with Gasteiger partial charge in [0.2, 0.25) is 0 Å². The smallest absolute Gasteiger partial charge is 0.164 e. The number of ketones is 1. The molecule has 0 aliphatic rings. The Morgan fingerprint density at radius 3 is 2.23 bits per heavy atom. The first kappa shape index (κ1) is 17.8. The lowest BCUT2D eigenvalue weighted by atomic mass is 10.00. The van der Waals surface area contributed by atoms with E-state index in [1.165, 1.54) is 12.5 Å². The van der Waals surface area contributed by atoms with Crippen LogP contribution in [0.25, 0.3) is 0 Å². The van der Waals surface area contributed by atoms with Gasteiger partial charge in [0.25, 0.3) is 0 Å². The molecule has 0 aliphatic heterocycles. The van der Waals surface area contributed by atoms with Gasteiger partial charge in [-0.3, -0.25) is 4.79 Å². The molecule has 0 saturated carbocycles. The number of phenols is 3. The van der Waals surface area contributed by atoms with Gasteiger partial charge in [-0.2, -0.15) is 0 Å². The van der Waals surface area contributed by atoms with E-state index in [9.17, 15) is 20.1 Å². The van der Waals surface area contributed by atoms with Gasteiger partial charge in [-0.15, -0.1) is 0 Å². The molecule has 22 heavy (non-hydrogen) atoms. The Morgan fingerprint density at radius 1 is 1.05 bits per heavy atom. The van der Waals surface area contributed by atoms with Crippen LogP contribution in [0.1, 0.15) is 56.5 Å². The quantitative estimate of drug-likeness (QED) is 0.318. The summed E-state index contributed by atoms with van der Waals surface area (Å²) in [5.41, 5.74) is 2.57. The lowest BCUT2D eigenvalue weighted by molar-refractivity contribution is 0.101. The van der Waals surface area contributed by atoms with Gasteiger partial charge in [-0.1, -0.05) is 23.3 Å². The van der Waals surface area contributed by atoms with Crippen molar-refractivity contribution in [2.75, 3.05) is 0 Å². The van der Waals surface area contributed by atoms with E-state index in [1.807, 2.05) is 26.8 Å². The second-order valence-electron chi connectivity index (χ2n) is 5.75. The maximum Gasteiger partial charge on any atom is 0.164 e. The first-order chi connectivity index (χ1) is 10.2. The van der Waals surface area contributed by atoms with Gasteiger partial charge in [0.1, 0.15) is 5.75 Å². The summed E-state index contributed by atoms with van der Waals surface area (Å²) >= 11 is 0. The molecule has 4 nitrogen and oxygen atoms in total. The Bertz CT molecular complexity index is 620. The molecule has 1 aromatic rings. The summed E-state index contributed by atoms with van der Waals surface area (Å²) in [7, 11) is 0. The van der Waals surface area contributed by atoms with Crippen molar-refractivity contribution in [2.24, 2.45) is 0 Å². The SMILES string of the molecule is CC(=O)c1cc(O)c(O)c(CC=C(C)CCC=C(C)C)c1O.